The Balaban J connectivity index is 1.55. The van der Waals surface area contributed by atoms with Crippen LogP contribution in [0.1, 0.15) is 21.5 Å². The average molecular weight is 544 g/mol. The highest BCUT2D eigenvalue weighted by Gasteiger charge is 2.34. The summed E-state index contributed by atoms with van der Waals surface area (Å²) in [5, 5.41) is 3.19. The maximum Gasteiger partial charge on any atom is 0.337 e. The number of ether oxygens (including phenoxy) is 1. The van der Waals surface area contributed by atoms with Gasteiger partial charge in [-0.15, -0.1) is 0 Å². The molecule has 0 aliphatic carbocycles. The summed E-state index contributed by atoms with van der Waals surface area (Å²) in [6.45, 7) is 0.528. The van der Waals surface area contributed by atoms with Gasteiger partial charge in [-0.2, -0.15) is 4.98 Å². The van der Waals surface area contributed by atoms with Gasteiger partial charge in [0, 0.05) is 21.9 Å². The van der Waals surface area contributed by atoms with E-state index in [1.165, 1.54) is 7.11 Å². The minimum atomic E-state index is -0.436. The summed E-state index contributed by atoms with van der Waals surface area (Å²) in [6, 6.07) is 24.0. The van der Waals surface area contributed by atoms with Crippen molar-refractivity contribution in [1.82, 2.24) is 9.97 Å². The smallest absolute Gasteiger partial charge is 0.337 e. The van der Waals surface area contributed by atoms with E-state index in [9.17, 15) is 9.59 Å². The monoisotopic (exact) mass is 543 g/mol. The van der Waals surface area contributed by atoms with Gasteiger partial charge in [-0.05, 0) is 57.9 Å². The highest BCUT2D eigenvalue weighted by molar-refractivity contribution is 9.10. The highest BCUT2D eigenvalue weighted by atomic mass is 79.9. The van der Waals surface area contributed by atoms with E-state index in [-0.39, 0.29) is 12.6 Å². The number of fused-ring (bicyclic) bond motifs is 1. The van der Waals surface area contributed by atoms with E-state index < -0.39 is 5.97 Å². The lowest BCUT2D eigenvalue weighted by Crippen LogP contribution is -2.47. The number of aromatic nitrogens is 2. The molecule has 8 nitrogen and oxygen atoms in total. The minimum Gasteiger partial charge on any atom is -0.465 e. The van der Waals surface area contributed by atoms with Crippen LogP contribution < -0.4 is 15.1 Å². The third kappa shape index (κ3) is 4.78. The number of carbonyl (C=O) groups excluding carboxylic acids is 2. The number of hydrogen-bond acceptors (Lipinski definition) is 6. The van der Waals surface area contributed by atoms with Gasteiger partial charge >= 0.3 is 12.0 Å². The van der Waals surface area contributed by atoms with Crippen LogP contribution in [-0.2, 0) is 17.8 Å². The third-order valence-electron chi connectivity index (χ3n) is 5.75. The lowest BCUT2D eigenvalue weighted by molar-refractivity contribution is 0.0600. The number of esters is 1. The molecule has 0 unspecified atom stereocenters. The molecule has 0 saturated carbocycles. The van der Waals surface area contributed by atoms with Gasteiger partial charge in [-0.3, -0.25) is 9.80 Å². The second-order valence-corrected chi connectivity index (χ2v) is 8.99. The topological polar surface area (TPSA) is 87.7 Å². The van der Waals surface area contributed by atoms with Crippen molar-refractivity contribution in [3.63, 3.8) is 0 Å². The van der Waals surface area contributed by atoms with Crippen molar-refractivity contribution >= 4 is 51.1 Å². The Labute approximate surface area is 216 Å². The molecule has 0 spiro atoms. The summed E-state index contributed by atoms with van der Waals surface area (Å²) in [5.74, 6) is 0.462. The largest absolute Gasteiger partial charge is 0.465 e. The van der Waals surface area contributed by atoms with E-state index in [1.54, 1.807) is 34.2 Å². The van der Waals surface area contributed by atoms with Crippen molar-refractivity contribution in [3.05, 3.63) is 106 Å². The van der Waals surface area contributed by atoms with Gasteiger partial charge in [0.1, 0.15) is 5.82 Å². The molecule has 1 aliphatic rings. The van der Waals surface area contributed by atoms with E-state index in [1.807, 2.05) is 60.7 Å². The molecule has 0 fully saturated rings. The number of nitrogens with zero attached hydrogens (tertiary/aromatic N) is 4. The molecule has 3 aromatic carbocycles. The number of para-hydroxylation sites is 2. The van der Waals surface area contributed by atoms with E-state index in [0.717, 1.165) is 27.0 Å². The van der Waals surface area contributed by atoms with Crippen LogP contribution in [0.3, 0.4) is 0 Å². The second-order valence-electron chi connectivity index (χ2n) is 8.13. The van der Waals surface area contributed by atoms with Gasteiger partial charge in [0.15, 0.2) is 0 Å². The molecule has 2 heterocycles. The van der Waals surface area contributed by atoms with E-state index >= 15 is 0 Å². The fraction of sp³-hybridized carbons (Fsp3) is 0.111. The number of urea groups is 1. The summed E-state index contributed by atoms with van der Waals surface area (Å²) >= 11 is 3.56. The summed E-state index contributed by atoms with van der Waals surface area (Å²) in [4.78, 5) is 38.4. The molecule has 0 bridgehead atoms. The molecule has 2 amide bonds. The Kier molecular flexibility index (Phi) is 6.64. The van der Waals surface area contributed by atoms with Crippen molar-refractivity contribution in [3.8, 4) is 0 Å². The average Bonchev–Trinajstić information content (AvgIpc) is 2.91. The van der Waals surface area contributed by atoms with Gasteiger partial charge in [0.05, 0.1) is 31.5 Å². The summed E-state index contributed by atoms with van der Waals surface area (Å²) < 4.78 is 5.66. The lowest BCUT2D eigenvalue weighted by Gasteiger charge is -2.36. The van der Waals surface area contributed by atoms with E-state index in [4.69, 9.17) is 9.72 Å². The van der Waals surface area contributed by atoms with E-state index in [0.29, 0.717) is 23.9 Å². The molecule has 1 aromatic heterocycles. The van der Waals surface area contributed by atoms with Crippen molar-refractivity contribution in [2.24, 2.45) is 0 Å². The Bertz CT molecular complexity index is 1430. The van der Waals surface area contributed by atoms with Crippen LogP contribution in [0.5, 0.6) is 0 Å². The van der Waals surface area contributed by atoms with Crippen LogP contribution in [0.2, 0.25) is 0 Å². The number of rotatable bonds is 6. The van der Waals surface area contributed by atoms with Crippen LogP contribution in [0.25, 0.3) is 0 Å². The van der Waals surface area contributed by atoms with Gasteiger partial charge in [-0.1, -0.05) is 42.5 Å². The number of amides is 2. The summed E-state index contributed by atoms with van der Waals surface area (Å²) in [5.41, 5.74) is 3.56. The zero-order valence-electron chi connectivity index (χ0n) is 19.4. The highest BCUT2D eigenvalue weighted by Crippen LogP contribution is 2.35. The number of halogens is 1. The molecule has 1 N–H and O–H groups in total. The summed E-state index contributed by atoms with van der Waals surface area (Å²) in [6.07, 6.45) is 1.74. The molecule has 4 aromatic rings. The number of carbonyl (C=O) groups is 2. The number of hydrogen-bond donors (Lipinski definition) is 1. The Morgan fingerprint density at radius 1 is 1.06 bits per heavy atom. The van der Waals surface area contributed by atoms with Crippen molar-refractivity contribution in [2.75, 3.05) is 22.2 Å². The number of methoxy groups -OCH3 is 1. The molecule has 9 heteroatoms. The molecule has 0 radical (unpaired) electrons. The molecule has 0 saturated heterocycles. The van der Waals surface area contributed by atoms with Crippen LogP contribution in [0.15, 0.2) is 89.5 Å². The standard InChI is InChI=1S/C27H22BrN5O3/c1-36-25(34)19-9-7-8-18(14-19)16-33-24-20(15-29-26(31-24)30-21-10-3-2-4-11-21)17-32(27(33)35)23-13-6-5-12-22(23)28/h2-15H,16-17H2,1H3,(H,29,30,31). The first-order chi connectivity index (χ1) is 17.5. The van der Waals surface area contributed by atoms with Crippen molar-refractivity contribution in [2.45, 2.75) is 13.1 Å². The number of anilines is 4. The van der Waals surface area contributed by atoms with E-state index in [2.05, 4.69) is 26.2 Å². The molecule has 180 valence electrons. The molecule has 36 heavy (non-hydrogen) atoms. The van der Waals surface area contributed by atoms with Gasteiger partial charge in [-0.25, -0.2) is 14.6 Å². The number of benzene rings is 3. The minimum absolute atomic E-state index is 0.208. The second kappa shape index (κ2) is 10.2. The normalized spacial score (nSPS) is 12.8. The number of nitrogens with one attached hydrogen (secondary N) is 1. The first-order valence-electron chi connectivity index (χ1n) is 11.2. The van der Waals surface area contributed by atoms with Crippen LogP contribution >= 0.6 is 15.9 Å². The van der Waals surface area contributed by atoms with Crippen LogP contribution in [0.4, 0.5) is 27.9 Å². The fourth-order valence-electron chi connectivity index (χ4n) is 4.03. The molecular weight excluding hydrogens is 522 g/mol. The summed E-state index contributed by atoms with van der Waals surface area (Å²) in [7, 11) is 1.34. The molecular formula is C27H22BrN5O3. The quantitative estimate of drug-likeness (QED) is 0.304. The van der Waals surface area contributed by atoms with Crippen molar-refractivity contribution < 1.29 is 14.3 Å². The van der Waals surface area contributed by atoms with Gasteiger partial charge < -0.3 is 10.1 Å². The Morgan fingerprint density at radius 2 is 1.83 bits per heavy atom. The molecule has 0 atom stereocenters. The SMILES string of the molecule is COC(=O)c1cccc(CN2C(=O)N(c3ccccc3Br)Cc3cnc(Nc4ccccc4)nc32)c1. The maximum absolute atomic E-state index is 13.8. The molecule has 5 rings (SSSR count). The predicted molar refractivity (Wildman–Crippen MR) is 141 cm³/mol. The Hall–Kier alpha value is -4.24. The Morgan fingerprint density at radius 3 is 2.61 bits per heavy atom. The lowest BCUT2D eigenvalue weighted by atomic mass is 10.1. The zero-order chi connectivity index (χ0) is 25.1. The van der Waals surface area contributed by atoms with Crippen LogP contribution in [-0.4, -0.2) is 29.1 Å². The molecule has 1 aliphatic heterocycles. The van der Waals surface area contributed by atoms with Crippen LogP contribution in [0, 0.1) is 0 Å². The zero-order valence-corrected chi connectivity index (χ0v) is 21.0. The first-order valence-corrected chi connectivity index (χ1v) is 12.0. The van der Waals surface area contributed by atoms with Crippen molar-refractivity contribution in [1.29, 1.82) is 0 Å². The van der Waals surface area contributed by atoms with Gasteiger partial charge in [0.2, 0.25) is 5.95 Å². The third-order valence-corrected chi connectivity index (χ3v) is 6.42. The first kappa shape index (κ1) is 23.5. The fourth-order valence-corrected chi connectivity index (χ4v) is 4.53. The maximum atomic E-state index is 13.8. The predicted octanol–water partition coefficient (Wildman–Crippen LogP) is 5.92. The van der Waals surface area contributed by atoms with Gasteiger partial charge in [0.25, 0.3) is 0 Å².